The van der Waals surface area contributed by atoms with Crippen molar-refractivity contribution < 1.29 is 14.7 Å². The topological polar surface area (TPSA) is 54.4 Å². The van der Waals surface area contributed by atoms with Crippen molar-refractivity contribution in [3.63, 3.8) is 0 Å². The summed E-state index contributed by atoms with van der Waals surface area (Å²) in [6.45, 7) is 1.97. The summed E-state index contributed by atoms with van der Waals surface area (Å²) in [6.07, 6.45) is 3.18. The van der Waals surface area contributed by atoms with Crippen LogP contribution in [0.15, 0.2) is 24.3 Å². The van der Waals surface area contributed by atoms with E-state index in [-0.39, 0.29) is 11.7 Å². The minimum absolute atomic E-state index is 0.0119. The Bertz CT molecular complexity index is 447. The van der Waals surface area contributed by atoms with Crippen molar-refractivity contribution in [2.24, 2.45) is 11.8 Å². The van der Waals surface area contributed by atoms with Crippen LogP contribution in [-0.4, -0.2) is 16.9 Å². The number of hydrogen-bond donors (Lipinski definition) is 1. The summed E-state index contributed by atoms with van der Waals surface area (Å²) in [7, 11) is 0. The lowest BCUT2D eigenvalue weighted by Crippen LogP contribution is -2.32. The van der Waals surface area contributed by atoms with E-state index < -0.39 is 11.9 Å². The molecule has 0 bridgehead atoms. The summed E-state index contributed by atoms with van der Waals surface area (Å²) < 4.78 is 0. The molecule has 1 saturated carbocycles. The van der Waals surface area contributed by atoms with Crippen LogP contribution in [0.1, 0.15) is 41.6 Å². The van der Waals surface area contributed by atoms with Crippen LogP contribution in [-0.2, 0) is 4.79 Å². The van der Waals surface area contributed by atoms with Crippen molar-refractivity contribution in [2.75, 3.05) is 0 Å². The Hall–Kier alpha value is -1.64. The number of rotatable bonds is 3. The Labute approximate surface area is 107 Å². The molecule has 0 radical (unpaired) electrons. The average molecular weight is 246 g/mol. The number of carbonyl (C=O) groups is 2. The van der Waals surface area contributed by atoms with Crippen molar-refractivity contribution in [1.82, 2.24) is 0 Å². The first-order valence-electron chi connectivity index (χ1n) is 6.43. The molecule has 0 heterocycles. The van der Waals surface area contributed by atoms with E-state index in [1.807, 2.05) is 19.1 Å². The monoisotopic (exact) mass is 246 g/mol. The quantitative estimate of drug-likeness (QED) is 0.834. The molecule has 0 spiro atoms. The lowest BCUT2D eigenvalue weighted by atomic mass is 9.75. The zero-order chi connectivity index (χ0) is 13.1. The highest BCUT2D eigenvalue weighted by atomic mass is 16.4. The number of ketones is 1. The van der Waals surface area contributed by atoms with Crippen LogP contribution in [0.2, 0.25) is 0 Å². The Kier molecular flexibility index (Phi) is 3.80. The number of Topliss-reactive ketones (excluding diaryl/α,β-unsaturated/α-hetero) is 1. The molecule has 1 aliphatic rings. The van der Waals surface area contributed by atoms with Gasteiger partial charge in [-0.25, -0.2) is 0 Å². The highest BCUT2D eigenvalue weighted by Gasteiger charge is 2.35. The number of benzene rings is 1. The minimum atomic E-state index is -0.833. The Morgan fingerprint density at radius 3 is 2.17 bits per heavy atom. The van der Waals surface area contributed by atoms with Gasteiger partial charge in [-0.15, -0.1) is 0 Å². The van der Waals surface area contributed by atoms with Gasteiger partial charge >= 0.3 is 5.97 Å². The van der Waals surface area contributed by atoms with E-state index in [1.54, 1.807) is 12.1 Å². The summed E-state index contributed by atoms with van der Waals surface area (Å²) in [5.74, 6) is -1.70. The SMILES string of the molecule is Cc1ccc(C(=O)C2CCCCC2C(=O)O)cc1. The van der Waals surface area contributed by atoms with Gasteiger partial charge < -0.3 is 5.11 Å². The Morgan fingerprint density at radius 2 is 1.61 bits per heavy atom. The molecule has 3 nitrogen and oxygen atoms in total. The average Bonchev–Trinajstić information content (AvgIpc) is 2.39. The van der Waals surface area contributed by atoms with Gasteiger partial charge in [-0.3, -0.25) is 9.59 Å². The third kappa shape index (κ3) is 2.61. The molecule has 1 aromatic carbocycles. The number of hydrogen-bond acceptors (Lipinski definition) is 2. The summed E-state index contributed by atoms with van der Waals surface area (Å²) in [6, 6.07) is 7.38. The molecule has 2 unspecified atom stereocenters. The van der Waals surface area contributed by atoms with Crippen molar-refractivity contribution in [3.8, 4) is 0 Å². The largest absolute Gasteiger partial charge is 0.481 e. The molecular weight excluding hydrogens is 228 g/mol. The standard InChI is InChI=1S/C15H18O3/c1-10-6-8-11(9-7-10)14(16)12-4-2-3-5-13(12)15(17)18/h6-9,12-13H,2-5H2,1H3,(H,17,18). The predicted octanol–water partition coefficient (Wildman–Crippen LogP) is 3.07. The van der Waals surface area contributed by atoms with Gasteiger partial charge in [0, 0.05) is 11.5 Å². The molecule has 0 aromatic heterocycles. The maximum absolute atomic E-state index is 12.4. The Balaban J connectivity index is 2.20. The molecule has 0 amide bonds. The van der Waals surface area contributed by atoms with Gasteiger partial charge in [0.25, 0.3) is 0 Å². The van der Waals surface area contributed by atoms with Gasteiger partial charge in [0.1, 0.15) is 0 Å². The van der Waals surface area contributed by atoms with Crippen molar-refractivity contribution in [3.05, 3.63) is 35.4 Å². The summed E-state index contributed by atoms with van der Waals surface area (Å²) in [5, 5.41) is 9.20. The van der Waals surface area contributed by atoms with Gasteiger partial charge in [-0.2, -0.15) is 0 Å². The Morgan fingerprint density at radius 1 is 1.06 bits per heavy atom. The van der Waals surface area contributed by atoms with Crippen molar-refractivity contribution in [2.45, 2.75) is 32.6 Å². The highest BCUT2D eigenvalue weighted by Crippen LogP contribution is 2.32. The highest BCUT2D eigenvalue weighted by molar-refractivity contribution is 6.00. The molecule has 18 heavy (non-hydrogen) atoms. The van der Waals surface area contributed by atoms with E-state index >= 15 is 0 Å². The molecule has 0 saturated heterocycles. The normalized spacial score (nSPS) is 23.6. The zero-order valence-electron chi connectivity index (χ0n) is 10.6. The molecular formula is C15H18O3. The molecule has 1 aliphatic carbocycles. The molecule has 2 atom stereocenters. The van der Waals surface area contributed by atoms with E-state index in [0.717, 1.165) is 18.4 Å². The van der Waals surface area contributed by atoms with E-state index in [9.17, 15) is 14.7 Å². The number of carbonyl (C=O) groups excluding carboxylic acids is 1. The number of carboxylic acid groups (broad SMARTS) is 1. The van der Waals surface area contributed by atoms with Crippen molar-refractivity contribution in [1.29, 1.82) is 0 Å². The lowest BCUT2D eigenvalue weighted by molar-refractivity contribution is -0.144. The van der Waals surface area contributed by atoms with Crippen LogP contribution >= 0.6 is 0 Å². The second kappa shape index (κ2) is 5.34. The summed E-state index contributed by atoms with van der Waals surface area (Å²) in [4.78, 5) is 23.6. The first-order chi connectivity index (χ1) is 8.59. The lowest BCUT2D eigenvalue weighted by Gasteiger charge is -2.27. The molecule has 1 N–H and O–H groups in total. The van der Waals surface area contributed by atoms with Gasteiger partial charge in [0.15, 0.2) is 5.78 Å². The maximum atomic E-state index is 12.4. The van der Waals surface area contributed by atoms with E-state index in [4.69, 9.17) is 0 Å². The number of carboxylic acids is 1. The van der Waals surface area contributed by atoms with E-state index in [0.29, 0.717) is 18.4 Å². The van der Waals surface area contributed by atoms with Gasteiger partial charge in [-0.1, -0.05) is 42.7 Å². The zero-order valence-corrected chi connectivity index (χ0v) is 10.6. The van der Waals surface area contributed by atoms with Crippen LogP contribution in [0.5, 0.6) is 0 Å². The molecule has 2 rings (SSSR count). The fraction of sp³-hybridized carbons (Fsp3) is 0.467. The third-order valence-corrected chi connectivity index (χ3v) is 3.76. The molecule has 3 heteroatoms. The number of aryl methyl sites for hydroxylation is 1. The van der Waals surface area contributed by atoms with Crippen LogP contribution in [0, 0.1) is 18.8 Å². The molecule has 1 fully saturated rings. The van der Waals surface area contributed by atoms with Gasteiger partial charge in [0.2, 0.25) is 0 Å². The minimum Gasteiger partial charge on any atom is -0.481 e. The second-order valence-electron chi connectivity index (χ2n) is 5.07. The van der Waals surface area contributed by atoms with Crippen LogP contribution in [0.4, 0.5) is 0 Å². The molecule has 0 aliphatic heterocycles. The van der Waals surface area contributed by atoms with Crippen LogP contribution in [0.25, 0.3) is 0 Å². The summed E-state index contributed by atoms with van der Waals surface area (Å²) in [5.41, 5.74) is 1.74. The summed E-state index contributed by atoms with van der Waals surface area (Å²) >= 11 is 0. The van der Waals surface area contributed by atoms with Crippen molar-refractivity contribution >= 4 is 11.8 Å². The fourth-order valence-electron chi connectivity index (χ4n) is 2.67. The van der Waals surface area contributed by atoms with Crippen LogP contribution < -0.4 is 0 Å². The maximum Gasteiger partial charge on any atom is 0.307 e. The molecule has 96 valence electrons. The van der Waals surface area contributed by atoms with Gasteiger partial charge in [0.05, 0.1) is 5.92 Å². The fourth-order valence-corrected chi connectivity index (χ4v) is 2.67. The van der Waals surface area contributed by atoms with Crippen LogP contribution in [0.3, 0.4) is 0 Å². The van der Waals surface area contributed by atoms with Gasteiger partial charge in [-0.05, 0) is 19.8 Å². The first-order valence-corrected chi connectivity index (χ1v) is 6.43. The van der Waals surface area contributed by atoms with E-state index in [1.165, 1.54) is 0 Å². The number of aliphatic carboxylic acids is 1. The smallest absolute Gasteiger partial charge is 0.307 e. The van der Waals surface area contributed by atoms with E-state index in [2.05, 4.69) is 0 Å². The second-order valence-corrected chi connectivity index (χ2v) is 5.07. The molecule has 1 aromatic rings. The predicted molar refractivity (Wildman–Crippen MR) is 68.6 cm³/mol. The first kappa shape index (κ1) is 12.8. The third-order valence-electron chi connectivity index (χ3n) is 3.76.